The molecule has 2 aromatic rings. The van der Waals surface area contributed by atoms with Gasteiger partial charge in [0.25, 0.3) is 5.91 Å². The van der Waals surface area contributed by atoms with Crippen molar-refractivity contribution in [2.45, 2.75) is 49.8 Å². The summed E-state index contributed by atoms with van der Waals surface area (Å²) < 4.78 is 21.5. The number of ether oxygens (including phenoxy) is 4. The molecule has 0 saturated heterocycles. The highest BCUT2D eigenvalue weighted by Crippen LogP contribution is 2.39. The van der Waals surface area contributed by atoms with Crippen molar-refractivity contribution in [1.82, 2.24) is 5.32 Å². The third kappa shape index (κ3) is 7.18. The molecule has 0 saturated carbocycles. The fraction of sp³-hybridized carbons (Fsp3) is 0.375. The summed E-state index contributed by atoms with van der Waals surface area (Å²) in [6.45, 7) is 5.86. The second-order valence-corrected chi connectivity index (χ2v) is 9.79. The molecule has 0 fully saturated rings. The molecule has 1 aliphatic heterocycles. The van der Waals surface area contributed by atoms with Gasteiger partial charge >= 0.3 is 6.09 Å². The molecule has 2 aromatic carbocycles. The Morgan fingerprint density at radius 3 is 2.71 bits per heavy atom. The van der Waals surface area contributed by atoms with Crippen LogP contribution in [-0.4, -0.2) is 36.9 Å². The third-order valence-corrected chi connectivity index (χ3v) is 5.82. The number of benzene rings is 2. The normalized spacial score (nSPS) is 13.5. The topological polar surface area (TPSA) is 145 Å². The molecule has 0 bridgehead atoms. The van der Waals surface area contributed by atoms with Crippen LogP contribution in [0.1, 0.15) is 37.5 Å². The number of hydrogen-bond donors (Lipinski definition) is 3. The third-order valence-electron chi connectivity index (χ3n) is 4.73. The molecule has 1 unspecified atom stereocenters. The van der Waals surface area contributed by atoms with Gasteiger partial charge in [-0.3, -0.25) is 4.79 Å². The molecule has 0 spiro atoms. The SMILES string of the molecule is COc1cc(SC(Nc2ccc(C#N)c(CNC(=O)OC(C)(C)C)c2)C(N)=O)cc2c1OCOC2. The molecule has 0 aliphatic carbocycles. The van der Waals surface area contributed by atoms with E-state index in [4.69, 9.17) is 24.7 Å². The van der Waals surface area contributed by atoms with Crippen molar-refractivity contribution < 1.29 is 28.5 Å². The zero-order valence-corrected chi connectivity index (χ0v) is 20.8. The van der Waals surface area contributed by atoms with E-state index in [1.165, 1.54) is 18.9 Å². The summed E-state index contributed by atoms with van der Waals surface area (Å²) in [5.41, 5.74) is 7.31. The van der Waals surface area contributed by atoms with E-state index in [0.717, 1.165) is 10.5 Å². The quantitative estimate of drug-likeness (QED) is 0.366. The Morgan fingerprint density at radius 2 is 2.06 bits per heavy atom. The summed E-state index contributed by atoms with van der Waals surface area (Å²) in [4.78, 5) is 25.0. The van der Waals surface area contributed by atoms with Crippen LogP contribution in [0.5, 0.6) is 11.5 Å². The number of anilines is 1. The molecule has 10 nitrogen and oxygen atoms in total. The number of nitrogens with two attached hydrogens (primary N) is 1. The average Bonchev–Trinajstić information content (AvgIpc) is 2.80. The number of rotatable bonds is 8. The van der Waals surface area contributed by atoms with Crippen molar-refractivity contribution in [3.63, 3.8) is 0 Å². The number of methoxy groups -OCH3 is 1. The monoisotopic (exact) mass is 500 g/mol. The second kappa shape index (κ2) is 11.2. The molecule has 4 N–H and O–H groups in total. The van der Waals surface area contributed by atoms with E-state index in [-0.39, 0.29) is 13.3 Å². The fourth-order valence-corrected chi connectivity index (χ4v) is 4.21. The van der Waals surface area contributed by atoms with Crippen LogP contribution in [0.4, 0.5) is 10.5 Å². The Morgan fingerprint density at radius 1 is 1.29 bits per heavy atom. The predicted molar refractivity (Wildman–Crippen MR) is 130 cm³/mol. The highest BCUT2D eigenvalue weighted by atomic mass is 32.2. The Bertz CT molecular complexity index is 1120. The van der Waals surface area contributed by atoms with Crippen LogP contribution in [0.2, 0.25) is 0 Å². The van der Waals surface area contributed by atoms with Crippen LogP contribution in [0.15, 0.2) is 35.2 Å². The highest BCUT2D eigenvalue weighted by molar-refractivity contribution is 8.00. The highest BCUT2D eigenvalue weighted by Gasteiger charge is 2.22. The Kier molecular flexibility index (Phi) is 8.32. The van der Waals surface area contributed by atoms with Gasteiger partial charge in [-0.2, -0.15) is 5.26 Å². The zero-order chi connectivity index (χ0) is 25.6. The van der Waals surface area contributed by atoms with Crippen molar-refractivity contribution in [3.8, 4) is 17.6 Å². The minimum Gasteiger partial charge on any atom is -0.493 e. The van der Waals surface area contributed by atoms with E-state index in [2.05, 4.69) is 16.7 Å². The van der Waals surface area contributed by atoms with Crippen LogP contribution < -0.4 is 25.8 Å². The number of nitrogens with zero attached hydrogens (tertiary/aromatic N) is 1. The number of alkyl carbamates (subject to hydrolysis) is 1. The van der Waals surface area contributed by atoms with E-state index in [1.807, 2.05) is 6.07 Å². The van der Waals surface area contributed by atoms with Crippen molar-refractivity contribution in [1.29, 1.82) is 5.26 Å². The molecule has 1 atom stereocenters. The number of carbonyl (C=O) groups is 2. The molecule has 1 heterocycles. The van der Waals surface area contributed by atoms with Crippen LogP contribution >= 0.6 is 11.8 Å². The summed E-state index contributed by atoms with van der Waals surface area (Å²) >= 11 is 1.20. The first-order chi connectivity index (χ1) is 16.6. The molecular weight excluding hydrogens is 472 g/mol. The van der Waals surface area contributed by atoms with Gasteiger partial charge < -0.3 is 35.3 Å². The number of nitrogens with one attached hydrogen (secondary N) is 2. The second-order valence-electron chi connectivity index (χ2n) is 8.61. The number of thioether (sulfide) groups is 1. The van der Waals surface area contributed by atoms with E-state index >= 15 is 0 Å². The molecule has 3 rings (SSSR count). The van der Waals surface area contributed by atoms with Crippen LogP contribution in [0.3, 0.4) is 0 Å². The van der Waals surface area contributed by atoms with Crippen LogP contribution in [0, 0.1) is 11.3 Å². The first kappa shape index (κ1) is 26.0. The maximum absolute atomic E-state index is 12.2. The van der Waals surface area contributed by atoms with Crippen LogP contribution in [0.25, 0.3) is 0 Å². The zero-order valence-electron chi connectivity index (χ0n) is 20.0. The predicted octanol–water partition coefficient (Wildman–Crippen LogP) is 3.47. The van der Waals surface area contributed by atoms with Gasteiger partial charge in [0.05, 0.1) is 25.3 Å². The van der Waals surface area contributed by atoms with Gasteiger partial charge in [-0.05, 0) is 56.7 Å². The maximum Gasteiger partial charge on any atom is 0.407 e. The van der Waals surface area contributed by atoms with Gasteiger partial charge in [0.15, 0.2) is 23.7 Å². The van der Waals surface area contributed by atoms with Gasteiger partial charge in [-0.15, -0.1) is 0 Å². The van der Waals surface area contributed by atoms with Crippen LogP contribution in [-0.2, 0) is 27.4 Å². The van der Waals surface area contributed by atoms with Crippen molar-refractivity contribution in [2.75, 3.05) is 19.2 Å². The standard InChI is InChI=1S/C24H28N4O6S/c1-24(2,3)34-23(30)27-11-15-7-17(6-5-14(15)10-25)28-22(21(26)29)35-18-8-16-12-32-13-33-20(16)19(9-18)31-4/h5-9,22,28H,11-13H2,1-4H3,(H2,26,29)(H,27,30). The lowest BCUT2D eigenvalue weighted by Crippen LogP contribution is -2.33. The lowest BCUT2D eigenvalue weighted by atomic mass is 10.1. The van der Waals surface area contributed by atoms with Gasteiger partial charge in [0.1, 0.15) is 5.60 Å². The number of hydrogen-bond acceptors (Lipinski definition) is 9. The molecule has 1 aliphatic rings. The molecule has 0 aromatic heterocycles. The van der Waals surface area contributed by atoms with E-state index in [1.54, 1.807) is 45.0 Å². The molecule has 0 radical (unpaired) electrons. The van der Waals surface area contributed by atoms with Gasteiger partial charge in [0, 0.05) is 22.7 Å². The maximum atomic E-state index is 12.2. The summed E-state index contributed by atoms with van der Waals surface area (Å²) in [7, 11) is 1.54. The first-order valence-electron chi connectivity index (χ1n) is 10.7. The minimum atomic E-state index is -0.831. The molecule has 35 heavy (non-hydrogen) atoms. The lowest BCUT2D eigenvalue weighted by Gasteiger charge is -2.22. The summed E-state index contributed by atoms with van der Waals surface area (Å²) in [5, 5.41) is 14.4. The number of primary amides is 1. The molecular formula is C24H28N4O6S. The molecule has 186 valence electrons. The smallest absolute Gasteiger partial charge is 0.407 e. The summed E-state index contributed by atoms with van der Waals surface area (Å²) in [6, 6.07) is 10.7. The number of amides is 2. The molecule has 2 amide bonds. The first-order valence-corrected chi connectivity index (χ1v) is 11.6. The van der Waals surface area contributed by atoms with Crippen molar-refractivity contribution in [2.24, 2.45) is 5.73 Å². The van der Waals surface area contributed by atoms with E-state index in [9.17, 15) is 14.9 Å². The summed E-state index contributed by atoms with van der Waals surface area (Å²) in [6.07, 6.45) is -0.598. The number of nitriles is 1. The lowest BCUT2D eigenvalue weighted by molar-refractivity contribution is -0.117. The summed E-state index contributed by atoms with van der Waals surface area (Å²) in [5.74, 6) is 0.559. The molecule has 11 heteroatoms. The van der Waals surface area contributed by atoms with E-state index < -0.39 is 23.0 Å². The van der Waals surface area contributed by atoms with Gasteiger partial charge in [-0.1, -0.05) is 11.8 Å². The Balaban J connectivity index is 1.77. The number of fused-ring (bicyclic) bond motifs is 1. The van der Waals surface area contributed by atoms with Crippen molar-refractivity contribution >= 4 is 29.4 Å². The van der Waals surface area contributed by atoms with Gasteiger partial charge in [0.2, 0.25) is 0 Å². The fourth-order valence-electron chi connectivity index (χ4n) is 3.24. The average molecular weight is 501 g/mol. The van der Waals surface area contributed by atoms with Crippen molar-refractivity contribution in [3.05, 3.63) is 47.0 Å². The minimum absolute atomic E-state index is 0.0731. The van der Waals surface area contributed by atoms with E-state index in [0.29, 0.717) is 34.9 Å². The largest absolute Gasteiger partial charge is 0.493 e. The Labute approximate surface area is 208 Å². The van der Waals surface area contributed by atoms with Gasteiger partial charge in [-0.25, -0.2) is 4.79 Å². The number of carbonyl (C=O) groups excluding carboxylic acids is 2. The Hall–Kier alpha value is -3.62.